The van der Waals surface area contributed by atoms with Crippen molar-refractivity contribution in [2.75, 3.05) is 20.3 Å². The van der Waals surface area contributed by atoms with Crippen LogP contribution >= 0.6 is 0 Å². The molecule has 94 valence electrons. The monoisotopic (exact) mass is 236 g/mol. The minimum atomic E-state index is 0.279. The number of nitrogens with zero attached hydrogens (tertiary/aromatic N) is 1. The molecule has 0 aromatic carbocycles. The summed E-state index contributed by atoms with van der Waals surface area (Å²) in [6.45, 7) is 4.37. The summed E-state index contributed by atoms with van der Waals surface area (Å²) in [5.74, 6) is 0.957. The highest BCUT2D eigenvalue weighted by atomic mass is 16.5. The van der Waals surface area contributed by atoms with Crippen molar-refractivity contribution >= 4 is 0 Å². The van der Waals surface area contributed by atoms with Crippen LogP contribution in [0.15, 0.2) is 12.3 Å². The third-order valence-corrected chi connectivity index (χ3v) is 2.91. The van der Waals surface area contributed by atoms with Gasteiger partial charge in [-0.15, -0.1) is 0 Å². The average Bonchev–Trinajstić information content (AvgIpc) is 2.34. The molecule has 4 heteroatoms. The number of ether oxygens (including phenoxy) is 2. The summed E-state index contributed by atoms with van der Waals surface area (Å²) in [4.78, 5) is 4.31. The van der Waals surface area contributed by atoms with Crippen molar-refractivity contribution in [1.29, 1.82) is 0 Å². The van der Waals surface area contributed by atoms with E-state index >= 15 is 0 Å². The normalized spacial score (nSPS) is 17.1. The van der Waals surface area contributed by atoms with Crippen molar-refractivity contribution in [3.63, 3.8) is 0 Å². The first kappa shape index (κ1) is 12.3. The first-order chi connectivity index (χ1) is 8.29. The van der Waals surface area contributed by atoms with E-state index in [0.29, 0.717) is 0 Å². The zero-order chi connectivity index (χ0) is 12.1. The van der Waals surface area contributed by atoms with Crippen LogP contribution in [0.1, 0.15) is 24.1 Å². The van der Waals surface area contributed by atoms with Gasteiger partial charge in [-0.1, -0.05) is 0 Å². The lowest BCUT2D eigenvalue weighted by molar-refractivity contribution is 0.0251. The summed E-state index contributed by atoms with van der Waals surface area (Å²) in [6, 6.07) is 2.02. The van der Waals surface area contributed by atoms with E-state index in [0.717, 1.165) is 49.6 Å². The molecule has 0 aliphatic carbocycles. The third kappa shape index (κ3) is 3.41. The summed E-state index contributed by atoms with van der Waals surface area (Å²) in [5.41, 5.74) is 2.11. The van der Waals surface area contributed by atoms with Gasteiger partial charge in [-0.3, -0.25) is 4.98 Å². The van der Waals surface area contributed by atoms with Crippen LogP contribution in [-0.2, 0) is 11.3 Å². The molecule has 0 atom stereocenters. The molecule has 1 saturated heterocycles. The Kier molecular flexibility index (Phi) is 4.34. The van der Waals surface area contributed by atoms with Crippen LogP contribution in [-0.4, -0.2) is 31.3 Å². The maximum absolute atomic E-state index is 6.06. The number of pyridine rings is 1. The second-order valence-corrected chi connectivity index (χ2v) is 4.39. The van der Waals surface area contributed by atoms with Crippen molar-refractivity contribution in [3.05, 3.63) is 23.5 Å². The second kappa shape index (κ2) is 5.98. The molecule has 1 aromatic rings. The molecule has 1 N–H and O–H groups in total. The molecule has 4 nitrogen and oxygen atoms in total. The number of nitrogens with one attached hydrogen (secondary N) is 1. The van der Waals surface area contributed by atoms with Crippen LogP contribution < -0.4 is 10.1 Å². The van der Waals surface area contributed by atoms with E-state index in [1.165, 1.54) is 0 Å². The van der Waals surface area contributed by atoms with Gasteiger partial charge < -0.3 is 14.8 Å². The van der Waals surface area contributed by atoms with Gasteiger partial charge in [0.1, 0.15) is 11.9 Å². The Hall–Kier alpha value is -1.13. The quantitative estimate of drug-likeness (QED) is 0.863. The van der Waals surface area contributed by atoms with Crippen LogP contribution in [0.25, 0.3) is 0 Å². The van der Waals surface area contributed by atoms with E-state index in [1.807, 2.05) is 26.2 Å². The van der Waals surface area contributed by atoms with E-state index < -0.39 is 0 Å². The molecule has 0 spiro atoms. The number of hydrogen-bond acceptors (Lipinski definition) is 4. The Bertz CT molecular complexity index is 362. The lowest BCUT2D eigenvalue weighted by atomic mass is 10.1. The van der Waals surface area contributed by atoms with Crippen molar-refractivity contribution in [2.24, 2.45) is 0 Å². The molecular formula is C13H20N2O2. The van der Waals surface area contributed by atoms with E-state index in [-0.39, 0.29) is 6.10 Å². The first-order valence-corrected chi connectivity index (χ1v) is 6.14. The van der Waals surface area contributed by atoms with Gasteiger partial charge in [0, 0.05) is 42.9 Å². The minimum Gasteiger partial charge on any atom is -0.490 e. The molecule has 1 aromatic heterocycles. The fourth-order valence-corrected chi connectivity index (χ4v) is 1.97. The zero-order valence-electron chi connectivity index (χ0n) is 10.5. The van der Waals surface area contributed by atoms with Gasteiger partial charge in [-0.05, 0) is 14.0 Å². The van der Waals surface area contributed by atoms with Crippen molar-refractivity contribution < 1.29 is 9.47 Å². The van der Waals surface area contributed by atoms with Crippen LogP contribution in [0, 0.1) is 6.92 Å². The predicted octanol–water partition coefficient (Wildman–Crippen LogP) is 1.67. The summed E-state index contributed by atoms with van der Waals surface area (Å²) >= 11 is 0. The smallest absolute Gasteiger partial charge is 0.127 e. The van der Waals surface area contributed by atoms with E-state index in [9.17, 15) is 0 Å². The van der Waals surface area contributed by atoms with Gasteiger partial charge >= 0.3 is 0 Å². The standard InChI is InChI=1S/C13H20N2O2/c1-10-7-13(11(8-14-2)9-15-10)17-12-3-5-16-6-4-12/h7,9,12,14H,3-6,8H2,1-2H3. The summed E-state index contributed by atoms with van der Waals surface area (Å²) < 4.78 is 11.4. The number of hydrogen-bond donors (Lipinski definition) is 1. The van der Waals surface area contributed by atoms with Gasteiger partial charge in [0.05, 0.1) is 13.2 Å². The first-order valence-electron chi connectivity index (χ1n) is 6.14. The topological polar surface area (TPSA) is 43.4 Å². The predicted molar refractivity (Wildman–Crippen MR) is 66.2 cm³/mol. The molecule has 17 heavy (non-hydrogen) atoms. The van der Waals surface area contributed by atoms with Crippen LogP contribution in [0.4, 0.5) is 0 Å². The highest BCUT2D eigenvalue weighted by Crippen LogP contribution is 2.22. The SMILES string of the molecule is CNCc1cnc(C)cc1OC1CCOCC1. The third-order valence-electron chi connectivity index (χ3n) is 2.91. The average molecular weight is 236 g/mol. The fraction of sp³-hybridized carbons (Fsp3) is 0.615. The van der Waals surface area contributed by atoms with Crippen molar-refractivity contribution in [1.82, 2.24) is 10.3 Å². The second-order valence-electron chi connectivity index (χ2n) is 4.39. The zero-order valence-corrected chi connectivity index (χ0v) is 10.5. The summed E-state index contributed by atoms with van der Waals surface area (Å²) in [7, 11) is 1.93. The summed E-state index contributed by atoms with van der Waals surface area (Å²) in [6.07, 6.45) is 4.11. The van der Waals surface area contributed by atoms with Gasteiger partial charge in [0.25, 0.3) is 0 Å². The van der Waals surface area contributed by atoms with E-state index in [1.54, 1.807) is 0 Å². The maximum atomic E-state index is 6.06. The number of aromatic nitrogens is 1. The number of rotatable bonds is 4. The van der Waals surface area contributed by atoms with Gasteiger partial charge in [-0.2, -0.15) is 0 Å². The molecule has 0 amide bonds. The maximum Gasteiger partial charge on any atom is 0.127 e. The Morgan fingerprint density at radius 3 is 2.94 bits per heavy atom. The molecular weight excluding hydrogens is 216 g/mol. The highest BCUT2D eigenvalue weighted by molar-refractivity contribution is 5.33. The van der Waals surface area contributed by atoms with Gasteiger partial charge in [0.15, 0.2) is 0 Å². The number of aryl methyl sites for hydroxylation is 1. The molecule has 0 bridgehead atoms. The van der Waals surface area contributed by atoms with Crippen LogP contribution in [0.2, 0.25) is 0 Å². The van der Waals surface area contributed by atoms with E-state index in [2.05, 4.69) is 10.3 Å². The lowest BCUT2D eigenvalue weighted by Gasteiger charge is -2.24. The van der Waals surface area contributed by atoms with Crippen molar-refractivity contribution in [3.8, 4) is 5.75 Å². The molecule has 1 aliphatic rings. The molecule has 1 fully saturated rings. The van der Waals surface area contributed by atoms with Crippen molar-refractivity contribution in [2.45, 2.75) is 32.4 Å². The van der Waals surface area contributed by atoms with Gasteiger partial charge in [-0.25, -0.2) is 0 Å². The lowest BCUT2D eigenvalue weighted by Crippen LogP contribution is -2.26. The van der Waals surface area contributed by atoms with E-state index in [4.69, 9.17) is 9.47 Å². The Morgan fingerprint density at radius 2 is 2.24 bits per heavy atom. The molecule has 2 heterocycles. The van der Waals surface area contributed by atoms with Crippen LogP contribution in [0.3, 0.4) is 0 Å². The Labute approximate surface area is 102 Å². The summed E-state index contributed by atoms with van der Waals surface area (Å²) in [5, 5.41) is 3.14. The molecule has 1 aliphatic heterocycles. The molecule has 0 saturated carbocycles. The Balaban J connectivity index is 2.08. The minimum absolute atomic E-state index is 0.279. The molecule has 2 rings (SSSR count). The molecule has 0 unspecified atom stereocenters. The Morgan fingerprint density at radius 1 is 1.47 bits per heavy atom. The molecule has 0 radical (unpaired) electrons. The fourth-order valence-electron chi connectivity index (χ4n) is 1.97. The van der Waals surface area contributed by atoms with Crippen LogP contribution in [0.5, 0.6) is 5.75 Å². The van der Waals surface area contributed by atoms with Gasteiger partial charge in [0.2, 0.25) is 0 Å². The highest BCUT2D eigenvalue weighted by Gasteiger charge is 2.17. The largest absolute Gasteiger partial charge is 0.490 e.